The Hall–Kier alpha value is -3.73. The minimum atomic E-state index is -0.135. The van der Waals surface area contributed by atoms with Gasteiger partial charge < -0.3 is 4.98 Å². The molecule has 5 nitrogen and oxygen atoms in total. The summed E-state index contributed by atoms with van der Waals surface area (Å²) in [6.07, 6.45) is 9.13. The molecule has 0 saturated heterocycles. The molecule has 0 aliphatic rings. The monoisotopic (exact) mass is 423 g/mol. The van der Waals surface area contributed by atoms with Crippen LogP contribution in [0.1, 0.15) is 32.6 Å². The van der Waals surface area contributed by atoms with Gasteiger partial charge in [0, 0.05) is 18.1 Å². The van der Waals surface area contributed by atoms with Crippen LogP contribution in [-0.4, -0.2) is 14.4 Å². The number of imidazole rings is 1. The lowest BCUT2D eigenvalue weighted by atomic mass is 10.1. The first-order valence-electron chi connectivity index (χ1n) is 11.3. The number of aryl methyl sites for hydroxylation is 1. The first-order valence-corrected chi connectivity index (χ1v) is 11.3. The van der Waals surface area contributed by atoms with Crippen molar-refractivity contribution in [2.24, 2.45) is 0 Å². The molecule has 3 aromatic heterocycles. The van der Waals surface area contributed by atoms with Gasteiger partial charge >= 0.3 is 0 Å². The van der Waals surface area contributed by atoms with Crippen LogP contribution < -0.4 is 10.1 Å². The van der Waals surface area contributed by atoms with Gasteiger partial charge in [-0.25, -0.2) is 9.55 Å². The molecule has 0 fully saturated rings. The number of benzene rings is 2. The van der Waals surface area contributed by atoms with Gasteiger partial charge in [-0.05, 0) is 24.6 Å². The molecule has 0 aliphatic heterocycles. The first-order chi connectivity index (χ1) is 15.8. The number of unbranched alkanes of at least 4 members (excludes halogenated alkanes) is 3. The van der Waals surface area contributed by atoms with Crippen molar-refractivity contribution in [3.8, 4) is 22.6 Å². The predicted octanol–water partition coefficient (Wildman–Crippen LogP) is 5.38. The van der Waals surface area contributed by atoms with Crippen molar-refractivity contribution in [2.75, 3.05) is 0 Å². The second kappa shape index (κ2) is 8.79. The van der Waals surface area contributed by atoms with E-state index in [0.29, 0.717) is 11.2 Å². The molecule has 1 N–H and O–H groups in total. The van der Waals surface area contributed by atoms with Crippen molar-refractivity contribution in [3.63, 3.8) is 0 Å². The van der Waals surface area contributed by atoms with Gasteiger partial charge in [0.25, 0.3) is 5.56 Å². The zero-order valence-electron chi connectivity index (χ0n) is 18.3. The van der Waals surface area contributed by atoms with Gasteiger partial charge in [-0.2, -0.15) is 0 Å². The molecule has 3 heterocycles. The normalized spacial score (nSPS) is 11.4. The molecule has 32 heavy (non-hydrogen) atoms. The number of pyridine rings is 1. The molecule has 5 aromatic rings. The van der Waals surface area contributed by atoms with Gasteiger partial charge in [0.2, 0.25) is 0 Å². The summed E-state index contributed by atoms with van der Waals surface area (Å²) in [5, 5.41) is 0. The number of aromatic nitrogens is 4. The number of H-pyrrole nitrogens is 1. The van der Waals surface area contributed by atoms with Crippen molar-refractivity contribution in [3.05, 3.63) is 89.5 Å². The SMILES string of the molecule is CCCCCC[n+]1cccc(-c2nc(-c3ccccc3)c3c(=O)[nH]c4ccccc4n23)c1. The molecule has 0 radical (unpaired) electrons. The van der Waals surface area contributed by atoms with Crippen LogP contribution in [-0.2, 0) is 6.54 Å². The summed E-state index contributed by atoms with van der Waals surface area (Å²) in [7, 11) is 0. The summed E-state index contributed by atoms with van der Waals surface area (Å²) in [5.74, 6) is 0.782. The van der Waals surface area contributed by atoms with Crippen molar-refractivity contribution in [1.29, 1.82) is 0 Å². The summed E-state index contributed by atoms with van der Waals surface area (Å²) in [6.45, 7) is 3.21. The minimum absolute atomic E-state index is 0.135. The minimum Gasteiger partial charge on any atom is -0.319 e. The fourth-order valence-electron chi connectivity index (χ4n) is 4.33. The summed E-state index contributed by atoms with van der Waals surface area (Å²) in [4.78, 5) is 21.2. The number of nitrogens with one attached hydrogen (secondary N) is 1. The third-order valence-electron chi connectivity index (χ3n) is 5.92. The van der Waals surface area contributed by atoms with Crippen LogP contribution in [0.25, 0.3) is 39.2 Å². The van der Waals surface area contributed by atoms with Gasteiger partial charge in [0.05, 0.1) is 16.6 Å². The number of hydrogen-bond donors (Lipinski definition) is 1. The molecule has 0 saturated carbocycles. The molecular formula is C27H27N4O+. The quantitative estimate of drug-likeness (QED) is 0.282. The second-order valence-corrected chi connectivity index (χ2v) is 8.20. The average molecular weight is 424 g/mol. The first kappa shape index (κ1) is 20.2. The summed E-state index contributed by atoms with van der Waals surface area (Å²) in [6, 6.07) is 21.9. The van der Waals surface area contributed by atoms with E-state index in [2.05, 4.69) is 41.0 Å². The molecule has 0 unspecified atom stereocenters. The lowest BCUT2D eigenvalue weighted by Crippen LogP contribution is -2.32. The third kappa shape index (κ3) is 3.71. The smallest absolute Gasteiger partial charge is 0.275 e. The third-order valence-corrected chi connectivity index (χ3v) is 5.92. The standard InChI is InChI=1S/C27H26N4O/c1-2-3-4-10-17-30-18-11-14-21(19-30)26-29-24(20-12-6-5-7-13-20)25-27(32)28-22-15-8-9-16-23(22)31(25)26/h5-9,11-16,18-19H,2-4,10,17H2,1H3/p+1. The van der Waals surface area contributed by atoms with Crippen molar-refractivity contribution < 1.29 is 4.57 Å². The molecule has 0 bridgehead atoms. The fraction of sp³-hybridized carbons (Fsp3) is 0.222. The van der Waals surface area contributed by atoms with Gasteiger partial charge in [0.15, 0.2) is 18.2 Å². The van der Waals surface area contributed by atoms with Gasteiger partial charge in [0.1, 0.15) is 17.8 Å². The fourth-order valence-corrected chi connectivity index (χ4v) is 4.33. The Balaban J connectivity index is 1.72. The molecular weight excluding hydrogens is 396 g/mol. The van der Waals surface area contributed by atoms with Crippen LogP contribution in [0.4, 0.5) is 0 Å². The van der Waals surface area contributed by atoms with E-state index in [4.69, 9.17) is 4.98 Å². The molecule has 5 rings (SSSR count). The van der Waals surface area contributed by atoms with E-state index in [9.17, 15) is 4.79 Å². The van der Waals surface area contributed by atoms with Crippen LogP contribution >= 0.6 is 0 Å². The van der Waals surface area contributed by atoms with E-state index < -0.39 is 0 Å². The van der Waals surface area contributed by atoms with Gasteiger partial charge in [-0.1, -0.05) is 62.2 Å². The molecule has 0 amide bonds. The van der Waals surface area contributed by atoms with E-state index >= 15 is 0 Å². The highest BCUT2D eigenvalue weighted by atomic mass is 16.1. The van der Waals surface area contributed by atoms with E-state index in [1.165, 1.54) is 19.3 Å². The number of para-hydroxylation sites is 2. The highest BCUT2D eigenvalue weighted by molar-refractivity contribution is 5.88. The lowest BCUT2D eigenvalue weighted by molar-refractivity contribution is -0.696. The summed E-state index contributed by atoms with van der Waals surface area (Å²) in [5.41, 5.74) is 4.80. The summed E-state index contributed by atoms with van der Waals surface area (Å²) >= 11 is 0. The van der Waals surface area contributed by atoms with Crippen LogP contribution in [0.15, 0.2) is 83.9 Å². The Labute approximate surface area is 187 Å². The zero-order chi connectivity index (χ0) is 21.9. The second-order valence-electron chi connectivity index (χ2n) is 8.20. The average Bonchev–Trinajstić information content (AvgIpc) is 3.25. The number of hydrogen-bond acceptors (Lipinski definition) is 2. The highest BCUT2D eigenvalue weighted by Gasteiger charge is 2.20. The number of nitrogens with zero attached hydrogens (tertiary/aromatic N) is 3. The summed E-state index contributed by atoms with van der Waals surface area (Å²) < 4.78 is 4.23. The number of fused-ring (bicyclic) bond motifs is 3. The van der Waals surface area contributed by atoms with Crippen LogP contribution in [0, 0.1) is 0 Å². The van der Waals surface area contributed by atoms with E-state index in [1.807, 2.05) is 59.0 Å². The molecule has 0 aliphatic carbocycles. The van der Waals surface area contributed by atoms with Crippen LogP contribution in [0.3, 0.4) is 0 Å². The number of rotatable bonds is 7. The Bertz CT molecular complexity index is 1430. The van der Waals surface area contributed by atoms with Crippen molar-refractivity contribution in [2.45, 2.75) is 39.2 Å². The van der Waals surface area contributed by atoms with E-state index in [-0.39, 0.29) is 5.56 Å². The molecule has 5 heteroatoms. The Morgan fingerprint density at radius 2 is 1.69 bits per heavy atom. The largest absolute Gasteiger partial charge is 0.319 e. The maximum absolute atomic E-state index is 13.2. The Morgan fingerprint density at radius 3 is 2.53 bits per heavy atom. The maximum Gasteiger partial charge on any atom is 0.275 e. The molecule has 0 atom stereocenters. The Morgan fingerprint density at radius 1 is 0.906 bits per heavy atom. The van der Waals surface area contributed by atoms with Crippen molar-refractivity contribution in [1.82, 2.24) is 14.4 Å². The predicted molar refractivity (Wildman–Crippen MR) is 129 cm³/mol. The topological polar surface area (TPSA) is 54.0 Å². The highest BCUT2D eigenvalue weighted by Crippen LogP contribution is 2.29. The zero-order valence-corrected chi connectivity index (χ0v) is 18.3. The van der Waals surface area contributed by atoms with E-state index in [0.717, 1.165) is 41.0 Å². The van der Waals surface area contributed by atoms with Crippen LogP contribution in [0.2, 0.25) is 0 Å². The van der Waals surface area contributed by atoms with Crippen molar-refractivity contribution >= 4 is 16.6 Å². The molecule has 2 aromatic carbocycles. The molecule has 0 spiro atoms. The van der Waals surface area contributed by atoms with Crippen LogP contribution in [0.5, 0.6) is 0 Å². The van der Waals surface area contributed by atoms with Gasteiger partial charge in [-0.15, -0.1) is 0 Å². The number of aromatic amines is 1. The maximum atomic E-state index is 13.2. The van der Waals surface area contributed by atoms with E-state index in [1.54, 1.807) is 0 Å². The molecule has 160 valence electrons. The Kier molecular flexibility index (Phi) is 5.55. The lowest BCUT2D eigenvalue weighted by Gasteiger charge is -2.06. The van der Waals surface area contributed by atoms with Gasteiger partial charge in [-0.3, -0.25) is 9.20 Å².